The molecule has 0 saturated heterocycles. The number of phenols is 1. The summed E-state index contributed by atoms with van der Waals surface area (Å²) in [6.07, 6.45) is 0. The number of nitrogen functional groups attached to an aromatic ring is 1. The average Bonchev–Trinajstić information content (AvgIpc) is 2.76. The van der Waals surface area contributed by atoms with Gasteiger partial charge >= 0.3 is 0 Å². The fourth-order valence-corrected chi connectivity index (χ4v) is 2.20. The first-order valence-corrected chi connectivity index (χ1v) is 6.80. The molecule has 1 heterocycles. The van der Waals surface area contributed by atoms with Gasteiger partial charge in [0.15, 0.2) is 0 Å². The van der Waals surface area contributed by atoms with E-state index >= 15 is 0 Å². The van der Waals surface area contributed by atoms with Crippen LogP contribution in [0, 0.1) is 6.92 Å². The molecule has 3 N–H and O–H groups in total. The Balaban J connectivity index is 2.26. The summed E-state index contributed by atoms with van der Waals surface area (Å²) >= 11 is 0. The van der Waals surface area contributed by atoms with E-state index in [0.717, 1.165) is 0 Å². The van der Waals surface area contributed by atoms with E-state index in [0.29, 0.717) is 35.7 Å². The highest BCUT2D eigenvalue weighted by molar-refractivity contribution is 5.97. The average molecular weight is 288 g/mol. The number of aryl methyl sites for hydroxylation is 2. The van der Waals surface area contributed by atoms with E-state index in [9.17, 15) is 9.90 Å². The molecule has 0 bridgehead atoms. The SMILES string of the molecule is CCn1nc(C)c(N)c1C(=O)N(C)Cc1ccccc1O. The maximum atomic E-state index is 12.6. The molecule has 0 saturated carbocycles. The maximum absolute atomic E-state index is 12.6. The zero-order chi connectivity index (χ0) is 15.6. The molecule has 2 aromatic rings. The van der Waals surface area contributed by atoms with Crippen molar-refractivity contribution in [3.63, 3.8) is 0 Å². The quantitative estimate of drug-likeness (QED) is 0.898. The van der Waals surface area contributed by atoms with Crippen LogP contribution >= 0.6 is 0 Å². The number of aromatic nitrogens is 2. The lowest BCUT2D eigenvalue weighted by atomic mass is 10.2. The minimum absolute atomic E-state index is 0.172. The summed E-state index contributed by atoms with van der Waals surface area (Å²) in [7, 11) is 1.68. The largest absolute Gasteiger partial charge is 0.508 e. The van der Waals surface area contributed by atoms with Crippen LogP contribution < -0.4 is 5.73 Å². The Labute approximate surface area is 123 Å². The summed E-state index contributed by atoms with van der Waals surface area (Å²) in [4.78, 5) is 14.1. The minimum Gasteiger partial charge on any atom is -0.508 e. The zero-order valence-electron chi connectivity index (χ0n) is 12.5. The van der Waals surface area contributed by atoms with Crippen molar-refractivity contribution in [2.45, 2.75) is 26.9 Å². The molecule has 0 spiro atoms. The maximum Gasteiger partial charge on any atom is 0.274 e. The predicted octanol–water partition coefficient (Wildman–Crippen LogP) is 1.77. The summed E-state index contributed by atoms with van der Waals surface area (Å²) in [5.74, 6) is -0.0384. The number of para-hydroxylation sites is 1. The van der Waals surface area contributed by atoms with Crippen molar-refractivity contribution in [3.8, 4) is 5.75 Å². The van der Waals surface area contributed by atoms with Gasteiger partial charge in [-0.2, -0.15) is 5.10 Å². The Bertz CT molecular complexity index is 664. The second-order valence-corrected chi connectivity index (χ2v) is 4.95. The molecule has 1 amide bonds. The van der Waals surface area contributed by atoms with Crippen LogP contribution in [0.5, 0.6) is 5.75 Å². The Morgan fingerprint density at radius 2 is 2.10 bits per heavy atom. The van der Waals surface area contributed by atoms with E-state index in [4.69, 9.17) is 5.73 Å². The Morgan fingerprint density at radius 3 is 2.71 bits per heavy atom. The molecular weight excluding hydrogens is 268 g/mol. The van der Waals surface area contributed by atoms with Crippen LogP contribution in [0.2, 0.25) is 0 Å². The fourth-order valence-electron chi connectivity index (χ4n) is 2.20. The van der Waals surface area contributed by atoms with Crippen molar-refractivity contribution >= 4 is 11.6 Å². The summed E-state index contributed by atoms with van der Waals surface area (Å²) in [6.45, 7) is 4.56. The molecule has 0 aliphatic carbocycles. The van der Waals surface area contributed by atoms with Gasteiger partial charge in [-0.15, -0.1) is 0 Å². The number of benzene rings is 1. The summed E-state index contributed by atoms with van der Waals surface area (Å²) < 4.78 is 1.61. The van der Waals surface area contributed by atoms with Crippen LogP contribution in [-0.2, 0) is 13.1 Å². The molecule has 6 nitrogen and oxygen atoms in total. The van der Waals surface area contributed by atoms with Crippen LogP contribution in [0.1, 0.15) is 28.7 Å². The van der Waals surface area contributed by atoms with Crippen LogP contribution in [-0.4, -0.2) is 32.7 Å². The number of anilines is 1. The molecule has 21 heavy (non-hydrogen) atoms. The molecule has 6 heteroatoms. The van der Waals surface area contributed by atoms with Gasteiger partial charge in [0.1, 0.15) is 11.4 Å². The first kappa shape index (κ1) is 14.9. The standard InChI is InChI=1S/C15H20N4O2/c1-4-19-14(13(16)10(2)17-19)15(21)18(3)9-11-7-5-6-8-12(11)20/h5-8,20H,4,9,16H2,1-3H3. The van der Waals surface area contributed by atoms with Crippen molar-refractivity contribution in [1.82, 2.24) is 14.7 Å². The van der Waals surface area contributed by atoms with E-state index in [-0.39, 0.29) is 11.7 Å². The van der Waals surface area contributed by atoms with Crippen molar-refractivity contribution < 1.29 is 9.90 Å². The van der Waals surface area contributed by atoms with E-state index < -0.39 is 0 Å². The second kappa shape index (κ2) is 5.87. The molecule has 0 radical (unpaired) electrons. The number of rotatable bonds is 4. The van der Waals surface area contributed by atoms with E-state index in [1.54, 1.807) is 36.9 Å². The summed E-state index contributed by atoms with van der Waals surface area (Å²) in [5.41, 5.74) is 8.10. The zero-order valence-corrected chi connectivity index (χ0v) is 12.5. The lowest BCUT2D eigenvalue weighted by Crippen LogP contribution is -2.29. The number of aromatic hydroxyl groups is 1. The number of carbonyl (C=O) groups excluding carboxylic acids is 1. The lowest BCUT2D eigenvalue weighted by Gasteiger charge is -2.18. The summed E-state index contributed by atoms with van der Waals surface area (Å²) in [6, 6.07) is 6.95. The van der Waals surface area contributed by atoms with Crippen molar-refractivity contribution in [2.24, 2.45) is 0 Å². The summed E-state index contributed by atoms with van der Waals surface area (Å²) in [5, 5.41) is 14.0. The molecular formula is C15H20N4O2. The van der Waals surface area contributed by atoms with Gasteiger partial charge in [-0.25, -0.2) is 0 Å². The second-order valence-electron chi connectivity index (χ2n) is 4.95. The van der Waals surface area contributed by atoms with Crippen LogP contribution in [0.4, 0.5) is 5.69 Å². The van der Waals surface area contributed by atoms with Gasteiger partial charge in [0.05, 0.1) is 11.4 Å². The molecule has 1 aromatic heterocycles. The predicted molar refractivity (Wildman–Crippen MR) is 81.0 cm³/mol. The number of phenolic OH excluding ortho intramolecular Hbond substituents is 1. The van der Waals surface area contributed by atoms with Gasteiger partial charge in [0, 0.05) is 25.7 Å². The highest BCUT2D eigenvalue weighted by atomic mass is 16.3. The number of nitrogens with two attached hydrogens (primary N) is 1. The number of nitrogens with zero attached hydrogens (tertiary/aromatic N) is 3. The Hall–Kier alpha value is -2.50. The van der Waals surface area contributed by atoms with Crippen molar-refractivity contribution in [3.05, 3.63) is 41.2 Å². The number of carbonyl (C=O) groups is 1. The topological polar surface area (TPSA) is 84.4 Å². The molecule has 0 fully saturated rings. The molecule has 0 aliphatic rings. The first-order valence-electron chi connectivity index (χ1n) is 6.80. The number of hydrogen-bond donors (Lipinski definition) is 2. The molecule has 0 atom stereocenters. The van der Waals surface area contributed by atoms with E-state index in [1.807, 2.05) is 13.0 Å². The van der Waals surface area contributed by atoms with Gasteiger partial charge in [-0.3, -0.25) is 9.48 Å². The van der Waals surface area contributed by atoms with Crippen LogP contribution in [0.3, 0.4) is 0 Å². The van der Waals surface area contributed by atoms with E-state index in [2.05, 4.69) is 5.10 Å². The van der Waals surface area contributed by atoms with Gasteiger partial charge in [-0.1, -0.05) is 18.2 Å². The lowest BCUT2D eigenvalue weighted by molar-refractivity contribution is 0.0773. The monoisotopic (exact) mass is 288 g/mol. The first-order chi connectivity index (χ1) is 9.95. The Kier molecular flexibility index (Phi) is 4.16. The molecule has 0 aliphatic heterocycles. The van der Waals surface area contributed by atoms with Gasteiger partial charge < -0.3 is 15.7 Å². The van der Waals surface area contributed by atoms with Gasteiger partial charge in [0.2, 0.25) is 0 Å². The smallest absolute Gasteiger partial charge is 0.274 e. The van der Waals surface area contributed by atoms with Crippen molar-refractivity contribution in [2.75, 3.05) is 12.8 Å². The minimum atomic E-state index is -0.210. The third-order valence-electron chi connectivity index (χ3n) is 3.42. The number of amides is 1. The molecule has 0 unspecified atom stereocenters. The normalized spacial score (nSPS) is 10.6. The van der Waals surface area contributed by atoms with Crippen LogP contribution in [0.25, 0.3) is 0 Å². The highest BCUT2D eigenvalue weighted by Gasteiger charge is 2.22. The third kappa shape index (κ3) is 2.84. The molecule has 1 aromatic carbocycles. The highest BCUT2D eigenvalue weighted by Crippen LogP contribution is 2.21. The van der Waals surface area contributed by atoms with Gasteiger partial charge in [-0.05, 0) is 19.9 Å². The van der Waals surface area contributed by atoms with Gasteiger partial charge in [0.25, 0.3) is 5.91 Å². The number of hydrogen-bond acceptors (Lipinski definition) is 4. The molecule has 112 valence electrons. The van der Waals surface area contributed by atoms with Crippen molar-refractivity contribution in [1.29, 1.82) is 0 Å². The fraction of sp³-hybridized carbons (Fsp3) is 0.333. The van der Waals surface area contributed by atoms with Crippen LogP contribution in [0.15, 0.2) is 24.3 Å². The molecule has 2 rings (SSSR count). The Morgan fingerprint density at radius 1 is 1.43 bits per heavy atom. The van der Waals surface area contributed by atoms with E-state index in [1.165, 1.54) is 4.90 Å². The third-order valence-corrected chi connectivity index (χ3v) is 3.42.